The third kappa shape index (κ3) is 2.53. The normalized spacial score (nSPS) is 18.5. The summed E-state index contributed by atoms with van der Waals surface area (Å²) in [6.45, 7) is 2.10. The van der Waals surface area contributed by atoms with Gasteiger partial charge in [0.25, 0.3) is 0 Å². The molecule has 5 nitrogen and oxygen atoms in total. The molecule has 1 saturated carbocycles. The third-order valence-corrected chi connectivity index (χ3v) is 4.16. The molecule has 94 valence electrons. The van der Waals surface area contributed by atoms with E-state index in [1.165, 1.54) is 18.6 Å². The van der Waals surface area contributed by atoms with Gasteiger partial charge in [0.2, 0.25) is 10.0 Å². The SMILES string of the molecule is CC1(Nc2cc(S(N)(=O)=O)ccc2N)CCC1. The van der Waals surface area contributed by atoms with Crippen molar-refractivity contribution in [2.45, 2.75) is 36.6 Å². The molecule has 1 fully saturated rings. The predicted molar refractivity (Wildman–Crippen MR) is 68.1 cm³/mol. The van der Waals surface area contributed by atoms with E-state index in [4.69, 9.17) is 10.9 Å². The van der Waals surface area contributed by atoms with Crippen LogP contribution in [-0.4, -0.2) is 14.0 Å². The zero-order chi connectivity index (χ0) is 12.7. The van der Waals surface area contributed by atoms with Gasteiger partial charge in [-0.15, -0.1) is 0 Å². The maximum atomic E-state index is 11.3. The monoisotopic (exact) mass is 255 g/mol. The molecule has 0 aliphatic heterocycles. The van der Waals surface area contributed by atoms with Gasteiger partial charge in [-0.25, -0.2) is 13.6 Å². The molecule has 1 aromatic carbocycles. The second kappa shape index (κ2) is 3.89. The highest BCUT2D eigenvalue weighted by molar-refractivity contribution is 7.89. The summed E-state index contributed by atoms with van der Waals surface area (Å²) < 4.78 is 22.5. The summed E-state index contributed by atoms with van der Waals surface area (Å²) in [5.74, 6) is 0. The maximum Gasteiger partial charge on any atom is 0.238 e. The molecule has 0 unspecified atom stereocenters. The van der Waals surface area contributed by atoms with Crippen LogP contribution in [0.4, 0.5) is 11.4 Å². The summed E-state index contributed by atoms with van der Waals surface area (Å²) in [6.07, 6.45) is 3.30. The Morgan fingerprint density at radius 2 is 2.00 bits per heavy atom. The average molecular weight is 255 g/mol. The second-order valence-corrected chi connectivity index (χ2v) is 6.39. The number of primary sulfonamides is 1. The van der Waals surface area contributed by atoms with Crippen molar-refractivity contribution in [3.8, 4) is 0 Å². The number of anilines is 2. The fraction of sp³-hybridized carbons (Fsp3) is 0.455. The first-order chi connectivity index (χ1) is 7.80. The Hall–Kier alpha value is -1.27. The maximum absolute atomic E-state index is 11.3. The summed E-state index contributed by atoms with van der Waals surface area (Å²) in [5, 5.41) is 8.38. The number of nitrogen functional groups attached to an aromatic ring is 1. The van der Waals surface area contributed by atoms with E-state index < -0.39 is 10.0 Å². The van der Waals surface area contributed by atoms with Crippen LogP contribution in [0, 0.1) is 0 Å². The van der Waals surface area contributed by atoms with Gasteiger partial charge in [-0.05, 0) is 44.4 Å². The van der Waals surface area contributed by atoms with E-state index in [2.05, 4.69) is 12.2 Å². The third-order valence-electron chi connectivity index (χ3n) is 3.25. The van der Waals surface area contributed by atoms with E-state index in [0.717, 1.165) is 12.8 Å². The van der Waals surface area contributed by atoms with E-state index in [1.54, 1.807) is 6.07 Å². The first-order valence-electron chi connectivity index (χ1n) is 5.51. The summed E-state index contributed by atoms with van der Waals surface area (Å²) in [4.78, 5) is 0.0807. The topological polar surface area (TPSA) is 98.2 Å². The number of nitrogens with one attached hydrogen (secondary N) is 1. The molecule has 0 heterocycles. The van der Waals surface area contributed by atoms with Crippen molar-refractivity contribution in [2.75, 3.05) is 11.1 Å². The van der Waals surface area contributed by atoms with Crippen LogP contribution >= 0.6 is 0 Å². The molecule has 0 aromatic heterocycles. The van der Waals surface area contributed by atoms with Crippen LogP contribution < -0.4 is 16.2 Å². The van der Waals surface area contributed by atoms with Crippen LogP contribution in [0.1, 0.15) is 26.2 Å². The fourth-order valence-corrected chi connectivity index (χ4v) is 2.52. The van der Waals surface area contributed by atoms with Gasteiger partial charge < -0.3 is 11.1 Å². The van der Waals surface area contributed by atoms with Gasteiger partial charge in [0, 0.05) is 5.54 Å². The van der Waals surface area contributed by atoms with Crippen LogP contribution in [0.5, 0.6) is 0 Å². The van der Waals surface area contributed by atoms with E-state index in [0.29, 0.717) is 11.4 Å². The van der Waals surface area contributed by atoms with E-state index in [9.17, 15) is 8.42 Å². The van der Waals surface area contributed by atoms with Crippen molar-refractivity contribution in [1.82, 2.24) is 0 Å². The van der Waals surface area contributed by atoms with E-state index >= 15 is 0 Å². The molecule has 6 heteroatoms. The smallest absolute Gasteiger partial charge is 0.238 e. The minimum atomic E-state index is -3.68. The lowest BCUT2D eigenvalue weighted by molar-refractivity contribution is 0.307. The lowest BCUT2D eigenvalue weighted by Crippen LogP contribution is -2.41. The summed E-state index contributed by atoms with van der Waals surface area (Å²) in [6, 6.07) is 4.47. The van der Waals surface area contributed by atoms with Gasteiger partial charge in [-0.1, -0.05) is 0 Å². The van der Waals surface area contributed by atoms with E-state index in [-0.39, 0.29) is 10.4 Å². The zero-order valence-electron chi connectivity index (χ0n) is 9.73. The largest absolute Gasteiger partial charge is 0.397 e. The number of rotatable bonds is 3. The van der Waals surface area contributed by atoms with Gasteiger partial charge in [0.05, 0.1) is 16.3 Å². The molecule has 0 amide bonds. The Kier molecular flexibility index (Phi) is 2.79. The van der Waals surface area contributed by atoms with Crippen LogP contribution in [0.15, 0.2) is 23.1 Å². The minimum Gasteiger partial charge on any atom is -0.397 e. The summed E-state index contributed by atoms with van der Waals surface area (Å²) >= 11 is 0. The predicted octanol–water partition coefficient (Wildman–Crippen LogP) is 1.27. The van der Waals surface area contributed by atoms with Crippen molar-refractivity contribution in [1.29, 1.82) is 0 Å². The van der Waals surface area contributed by atoms with Crippen LogP contribution in [-0.2, 0) is 10.0 Å². The molecule has 1 aromatic rings. The Bertz CT molecular complexity index is 536. The van der Waals surface area contributed by atoms with Crippen molar-refractivity contribution in [3.63, 3.8) is 0 Å². The first kappa shape index (κ1) is 12.2. The number of hydrogen-bond donors (Lipinski definition) is 3. The summed E-state index contributed by atoms with van der Waals surface area (Å²) in [5.41, 5.74) is 7.01. The fourth-order valence-electron chi connectivity index (χ4n) is 1.98. The highest BCUT2D eigenvalue weighted by Crippen LogP contribution is 2.36. The second-order valence-electron chi connectivity index (χ2n) is 4.83. The van der Waals surface area contributed by atoms with Gasteiger partial charge in [-0.2, -0.15) is 0 Å². The molecule has 0 atom stereocenters. The Morgan fingerprint density at radius 1 is 1.35 bits per heavy atom. The van der Waals surface area contributed by atoms with E-state index in [1.807, 2.05) is 0 Å². The van der Waals surface area contributed by atoms with Crippen LogP contribution in [0.3, 0.4) is 0 Å². The molecule has 2 rings (SSSR count). The van der Waals surface area contributed by atoms with Gasteiger partial charge >= 0.3 is 0 Å². The number of benzene rings is 1. The summed E-state index contributed by atoms with van der Waals surface area (Å²) in [7, 11) is -3.68. The average Bonchev–Trinajstić information content (AvgIpc) is 2.17. The Morgan fingerprint density at radius 3 is 2.47 bits per heavy atom. The molecular weight excluding hydrogens is 238 g/mol. The standard InChI is InChI=1S/C11H17N3O2S/c1-11(5-2-6-11)14-10-7-8(17(13,15)16)3-4-9(10)12/h3-4,7,14H,2,5-6,12H2,1H3,(H2,13,15,16). The molecule has 0 radical (unpaired) electrons. The van der Waals surface area contributed by atoms with Gasteiger partial charge in [0.15, 0.2) is 0 Å². The van der Waals surface area contributed by atoms with Crippen LogP contribution in [0.2, 0.25) is 0 Å². The lowest BCUT2D eigenvalue weighted by Gasteiger charge is -2.40. The Labute approximate surface area is 101 Å². The van der Waals surface area contributed by atoms with Crippen LogP contribution in [0.25, 0.3) is 0 Å². The molecule has 17 heavy (non-hydrogen) atoms. The molecular formula is C11H17N3O2S. The highest BCUT2D eigenvalue weighted by Gasteiger charge is 2.32. The van der Waals surface area contributed by atoms with Crippen molar-refractivity contribution < 1.29 is 8.42 Å². The quantitative estimate of drug-likeness (QED) is 0.708. The first-order valence-corrected chi connectivity index (χ1v) is 7.05. The zero-order valence-corrected chi connectivity index (χ0v) is 10.5. The molecule has 0 saturated heterocycles. The molecule has 1 aliphatic rings. The Balaban J connectivity index is 2.33. The van der Waals surface area contributed by atoms with Crippen molar-refractivity contribution in [2.24, 2.45) is 5.14 Å². The molecule has 0 spiro atoms. The van der Waals surface area contributed by atoms with Crippen molar-refractivity contribution >= 4 is 21.4 Å². The number of hydrogen-bond acceptors (Lipinski definition) is 4. The highest BCUT2D eigenvalue weighted by atomic mass is 32.2. The lowest BCUT2D eigenvalue weighted by atomic mass is 9.78. The van der Waals surface area contributed by atoms with Gasteiger partial charge in [-0.3, -0.25) is 0 Å². The minimum absolute atomic E-state index is 0.0190. The number of sulfonamides is 1. The van der Waals surface area contributed by atoms with Gasteiger partial charge in [0.1, 0.15) is 0 Å². The molecule has 5 N–H and O–H groups in total. The number of nitrogens with two attached hydrogens (primary N) is 2. The molecule has 0 bridgehead atoms. The molecule has 1 aliphatic carbocycles. The van der Waals surface area contributed by atoms with Crippen molar-refractivity contribution in [3.05, 3.63) is 18.2 Å².